The maximum atomic E-state index is 12.7. The Hall–Kier alpha value is -2.31. The second-order valence-electron chi connectivity index (χ2n) is 6.12. The molecule has 1 heterocycles. The molecule has 0 spiro atoms. The van der Waals surface area contributed by atoms with Crippen molar-refractivity contribution in [2.45, 2.75) is 4.90 Å². The minimum atomic E-state index is -4.06. The number of rotatable bonds is 8. The Morgan fingerprint density at radius 3 is 2.19 bits per heavy atom. The topological polar surface area (TPSA) is 130 Å². The Morgan fingerprint density at radius 2 is 1.66 bits per heavy atom. The predicted molar refractivity (Wildman–Crippen MR) is 125 cm³/mol. The van der Waals surface area contributed by atoms with E-state index in [-0.39, 0.29) is 35.7 Å². The van der Waals surface area contributed by atoms with E-state index in [0.29, 0.717) is 10.4 Å². The van der Waals surface area contributed by atoms with Crippen molar-refractivity contribution < 1.29 is 33.0 Å². The molecule has 8 nitrogen and oxygen atoms in total. The lowest BCUT2D eigenvalue weighted by molar-refractivity contribution is -0.139. The van der Waals surface area contributed by atoms with E-state index in [1.54, 1.807) is 12.1 Å². The number of thiophene rings is 1. The van der Waals surface area contributed by atoms with Gasteiger partial charge in [0, 0.05) is 5.69 Å². The quantitative estimate of drug-likeness (QED) is 0.323. The van der Waals surface area contributed by atoms with Gasteiger partial charge in [-0.1, -0.05) is 41.4 Å². The van der Waals surface area contributed by atoms with Crippen LogP contribution < -0.4 is 9.46 Å². The molecule has 0 radical (unpaired) electrons. The Morgan fingerprint density at radius 1 is 1.06 bits per heavy atom. The van der Waals surface area contributed by atoms with Crippen molar-refractivity contribution in [2.75, 3.05) is 11.3 Å². The summed E-state index contributed by atoms with van der Waals surface area (Å²) in [6.07, 6.45) is 0. The van der Waals surface area contributed by atoms with Crippen molar-refractivity contribution in [3.63, 3.8) is 0 Å². The van der Waals surface area contributed by atoms with Crippen molar-refractivity contribution in [3.8, 4) is 16.2 Å². The SMILES string of the molecule is O=C(O)COc1c(C(=O)O)sc(-c2ccc(NS(=O)(=O)c3c(Cl)cccc3Cl)cc2)c1Br. The van der Waals surface area contributed by atoms with Crippen LogP contribution in [0.1, 0.15) is 9.67 Å². The number of halogens is 3. The first-order chi connectivity index (χ1) is 15.0. The van der Waals surface area contributed by atoms with Crippen LogP contribution in [0.2, 0.25) is 10.0 Å². The number of benzene rings is 2. The van der Waals surface area contributed by atoms with E-state index in [2.05, 4.69) is 20.7 Å². The summed E-state index contributed by atoms with van der Waals surface area (Å²) in [5.74, 6) is -2.63. The molecule has 0 saturated carbocycles. The van der Waals surface area contributed by atoms with Gasteiger partial charge >= 0.3 is 11.9 Å². The molecule has 0 aliphatic carbocycles. The average Bonchev–Trinajstić information content (AvgIpc) is 3.03. The molecular weight excluding hydrogens is 569 g/mol. The van der Waals surface area contributed by atoms with Crippen LogP contribution >= 0.6 is 50.5 Å². The van der Waals surface area contributed by atoms with Gasteiger partial charge < -0.3 is 14.9 Å². The number of carboxylic acids is 2. The Bertz CT molecular complexity index is 1290. The normalized spacial score (nSPS) is 11.2. The lowest BCUT2D eigenvalue weighted by Crippen LogP contribution is -2.14. The summed E-state index contributed by atoms with van der Waals surface area (Å²) in [6.45, 7) is -0.708. The average molecular weight is 581 g/mol. The molecule has 2 aromatic carbocycles. The molecule has 0 bridgehead atoms. The Labute approximate surface area is 204 Å². The highest BCUT2D eigenvalue weighted by molar-refractivity contribution is 9.10. The highest BCUT2D eigenvalue weighted by Crippen LogP contribution is 2.45. The Kier molecular flexibility index (Phi) is 7.36. The largest absolute Gasteiger partial charge is 0.479 e. The van der Waals surface area contributed by atoms with Crippen molar-refractivity contribution in [1.29, 1.82) is 0 Å². The van der Waals surface area contributed by atoms with Gasteiger partial charge in [0.25, 0.3) is 10.0 Å². The molecule has 168 valence electrons. The third-order valence-corrected chi connectivity index (χ3v) is 8.49. The summed E-state index contributed by atoms with van der Waals surface area (Å²) in [5.41, 5.74) is 0.770. The fourth-order valence-corrected chi connectivity index (χ4v) is 6.72. The van der Waals surface area contributed by atoms with Gasteiger partial charge in [0.1, 0.15) is 4.90 Å². The molecule has 0 unspecified atom stereocenters. The van der Waals surface area contributed by atoms with Crippen LogP contribution in [0.4, 0.5) is 5.69 Å². The van der Waals surface area contributed by atoms with Crippen molar-refractivity contribution >= 4 is 78.1 Å². The fourth-order valence-electron chi connectivity index (χ4n) is 2.62. The number of ether oxygens (including phenoxy) is 1. The number of hydrogen-bond acceptors (Lipinski definition) is 6. The summed E-state index contributed by atoms with van der Waals surface area (Å²) in [7, 11) is -4.06. The third-order valence-electron chi connectivity index (χ3n) is 3.93. The smallest absolute Gasteiger partial charge is 0.349 e. The molecular formula is C19H12BrCl2NO7S2. The van der Waals surface area contributed by atoms with Crippen LogP contribution in [0.25, 0.3) is 10.4 Å². The summed E-state index contributed by atoms with van der Waals surface area (Å²) >= 11 is 16.1. The van der Waals surface area contributed by atoms with Gasteiger partial charge in [0.15, 0.2) is 17.2 Å². The van der Waals surface area contributed by atoms with Crippen LogP contribution in [0.15, 0.2) is 51.8 Å². The van der Waals surface area contributed by atoms with Gasteiger partial charge in [0.2, 0.25) is 0 Å². The molecule has 0 aliphatic rings. The zero-order chi connectivity index (χ0) is 23.6. The van der Waals surface area contributed by atoms with Gasteiger partial charge in [-0.05, 0) is 45.8 Å². The molecule has 0 amide bonds. The van der Waals surface area contributed by atoms with E-state index >= 15 is 0 Å². The summed E-state index contributed by atoms with van der Waals surface area (Å²) < 4.78 is 33.2. The number of anilines is 1. The van der Waals surface area contributed by atoms with Crippen LogP contribution in [0.3, 0.4) is 0 Å². The minimum Gasteiger partial charge on any atom is -0.479 e. The van der Waals surface area contributed by atoms with Crippen molar-refractivity contribution in [2.24, 2.45) is 0 Å². The summed E-state index contributed by atoms with van der Waals surface area (Å²) in [5, 5.41) is 18.1. The molecule has 3 N–H and O–H groups in total. The van der Waals surface area contributed by atoms with E-state index < -0.39 is 28.6 Å². The fraction of sp³-hybridized carbons (Fsp3) is 0.0526. The van der Waals surface area contributed by atoms with Gasteiger partial charge in [-0.25, -0.2) is 18.0 Å². The van der Waals surface area contributed by atoms with E-state index in [4.69, 9.17) is 33.0 Å². The van der Waals surface area contributed by atoms with Gasteiger partial charge in [-0.3, -0.25) is 4.72 Å². The monoisotopic (exact) mass is 579 g/mol. The van der Waals surface area contributed by atoms with Crippen molar-refractivity contribution in [1.82, 2.24) is 0 Å². The van der Waals surface area contributed by atoms with Crippen LogP contribution in [-0.4, -0.2) is 37.2 Å². The molecule has 3 rings (SSSR count). The van der Waals surface area contributed by atoms with Crippen LogP contribution in [0.5, 0.6) is 5.75 Å². The highest BCUT2D eigenvalue weighted by Gasteiger charge is 2.25. The predicted octanol–water partition coefficient (Wildman–Crippen LogP) is 5.45. The van der Waals surface area contributed by atoms with Crippen LogP contribution in [-0.2, 0) is 14.8 Å². The number of sulfonamides is 1. The minimum absolute atomic E-state index is 0.0285. The van der Waals surface area contributed by atoms with E-state index in [1.165, 1.54) is 30.3 Å². The molecule has 0 fully saturated rings. The van der Waals surface area contributed by atoms with Crippen LogP contribution in [0, 0.1) is 0 Å². The first-order valence-corrected chi connectivity index (χ1v) is 12.3. The zero-order valence-electron chi connectivity index (χ0n) is 15.6. The lowest BCUT2D eigenvalue weighted by atomic mass is 10.2. The third kappa shape index (κ3) is 5.18. The highest BCUT2D eigenvalue weighted by atomic mass is 79.9. The lowest BCUT2D eigenvalue weighted by Gasteiger charge is -2.11. The van der Waals surface area contributed by atoms with Crippen molar-refractivity contribution in [3.05, 3.63) is 61.9 Å². The maximum absolute atomic E-state index is 12.7. The molecule has 3 aromatic rings. The molecule has 1 aromatic heterocycles. The molecule has 0 aliphatic heterocycles. The Balaban J connectivity index is 1.91. The van der Waals surface area contributed by atoms with Gasteiger partial charge in [-0.15, -0.1) is 11.3 Å². The second-order valence-corrected chi connectivity index (χ2v) is 10.4. The van der Waals surface area contributed by atoms with E-state index in [1.807, 2.05) is 0 Å². The second kappa shape index (κ2) is 9.67. The number of aliphatic carboxylic acids is 1. The number of aromatic carboxylic acids is 1. The molecule has 32 heavy (non-hydrogen) atoms. The molecule has 0 atom stereocenters. The molecule has 0 saturated heterocycles. The summed E-state index contributed by atoms with van der Waals surface area (Å²) in [4.78, 5) is 22.3. The number of carbonyl (C=O) groups is 2. The number of nitrogens with one attached hydrogen (secondary N) is 1. The van der Waals surface area contributed by atoms with E-state index in [9.17, 15) is 23.1 Å². The number of hydrogen-bond donors (Lipinski definition) is 3. The summed E-state index contributed by atoms with van der Waals surface area (Å²) in [6, 6.07) is 10.4. The first kappa shape index (κ1) is 24.3. The van der Waals surface area contributed by atoms with Gasteiger partial charge in [0.05, 0.1) is 19.4 Å². The van der Waals surface area contributed by atoms with E-state index in [0.717, 1.165) is 11.3 Å². The number of carboxylic acid groups (broad SMARTS) is 2. The zero-order valence-corrected chi connectivity index (χ0v) is 20.4. The molecule has 13 heteroatoms. The first-order valence-electron chi connectivity index (χ1n) is 8.48. The standard InChI is InChI=1S/C19H12BrCl2NO7S2/c20-14-15(30-8-13(24)25)17(19(26)27)31-16(14)9-4-6-10(7-5-9)23-32(28,29)18-11(21)2-1-3-12(18)22/h1-7,23H,8H2,(H,24,25)(H,26,27). The maximum Gasteiger partial charge on any atom is 0.349 e. The van der Waals surface area contributed by atoms with Gasteiger partial charge in [-0.2, -0.15) is 0 Å².